The smallest absolute Gasteiger partial charge is 0.341 e. The molecule has 1 unspecified atom stereocenters. The van der Waals surface area contributed by atoms with Crippen molar-refractivity contribution in [2.24, 2.45) is 0 Å². The van der Waals surface area contributed by atoms with Gasteiger partial charge in [-0.15, -0.1) is 0 Å². The first-order chi connectivity index (χ1) is 13.7. The van der Waals surface area contributed by atoms with Gasteiger partial charge >= 0.3 is 12.2 Å². The molecule has 156 valence electrons. The Labute approximate surface area is 165 Å². The molecule has 0 heterocycles. The van der Waals surface area contributed by atoms with E-state index in [1.54, 1.807) is 12.1 Å². The van der Waals surface area contributed by atoms with Crippen LogP contribution in [-0.2, 0) is 11.2 Å². The van der Waals surface area contributed by atoms with E-state index in [4.69, 9.17) is 0 Å². The number of hydrogen-bond acceptors (Lipinski definition) is 2. The van der Waals surface area contributed by atoms with E-state index < -0.39 is 23.9 Å². The van der Waals surface area contributed by atoms with E-state index in [1.807, 2.05) is 12.2 Å². The molecule has 3 N–H and O–H groups in total. The lowest BCUT2D eigenvalue weighted by atomic mass is 10.1. The molecule has 0 fully saturated rings. The van der Waals surface area contributed by atoms with Gasteiger partial charge in [0.25, 0.3) is 0 Å². The lowest BCUT2D eigenvalue weighted by Gasteiger charge is -2.22. The molecule has 0 saturated heterocycles. The molecular weight excluding hydrogens is 390 g/mol. The van der Waals surface area contributed by atoms with Crippen LogP contribution >= 0.6 is 0 Å². The van der Waals surface area contributed by atoms with Crippen molar-refractivity contribution < 1.29 is 27.2 Å². The Morgan fingerprint density at radius 1 is 1.00 bits per heavy atom. The van der Waals surface area contributed by atoms with Crippen molar-refractivity contribution >= 4 is 17.6 Å². The summed E-state index contributed by atoms with van der Waals surface area (Å²) >= 11 is 0. The lowest BCUT2D eigenvalue weighted by Crippen LogP contribution is -2.38. The van der Waals surface area contributed by atoms with Crippen LogP contribution in [0.5, 0.6) is 0 Å². The molecule has 9 heteroatoms. The van der Waals surface area contributed by atoms with Gasteiger partial charge in [0.2, 0.25) is 5.91 Å². The highest BCUT2D eigenvalue weighted by molar-refractivity contribution is 5.89. The predicted octanol–water partition coefficient (Wildman–Crippen LogP) is 4.32. The molecular formula is C20H21F4N3O2. The number of benzene rings is 2. The van der Waals surface area contributed by atoms with E-state index in [9.17, 15) is 27.2 Å². The molecule has 0 bridgehead atoms. The number of rotatable bonds is 7. The van der Waals surface area contributed by atoms with Gasteiger partial charge in [-0.05, 0) is 41.8 Å². The van der Waals surface area contributed by atoms with Crippen LogP contribution in [0, 0.1) is 5.82 Å². The predicted molar refractivity (Wildman–Crippen MR) is 101 cm³/mol. The Balaban J connectivity index is 1.99. The zero-order valence-corrected chi connectivity index (χ0v) is 15.6. The summed E-state index contributed by atoms with van der Waals surface area (Å²) in [6, 6.07) is 7.35. The number of halogens is 4. The van der Waals surface area contributed by atoms with Crippen molar-refractivity contribution in [3.63, 3.8) is 0 Å². The second-order valence-electron chi connectivity index (χ2n) is 6.35. The maximum Gasteiger partial charge on any atom is 0.412 e. The Morgan fingerprint density at radius 2 is 1.62 bits per heavy atom. The second-order valence-corrected chi connectivity index (χ2v) is 6.35. The average Bonchev–Trinajstić information content (AvgIpc) is 2.66. The number of nitrogens with one attached hydrogen (secondary N) is 3. The number of carbonyl (C=O) groups excluding carboxylic acids is 2. The molecule has 0 aromatic heterocycles. The third-order valence-corrected chi connectivity index (χ3v) is 3.95. The van der Waals surface area contributed by atoms with Crippen LogP contribution in [0.1, 0.15) is 30.5 Å². The fourth-order valence-corrected chi connectivity index (χ4v) is 2.53. The van der Waals surface area contributed by atoms with Gasteiger partial charge in [-0.2, -0.15) is 13.2 Å². The first-order valence-corrected chi connectivity index (χ1v) is 8.94. The summed E-state index contributed by atoms with van der Waals surface area (Å²) in [7, 11) is 0. The average molecular weight is 411 g/mol. The van der Waals surface area contributed by atoms with Gasteiger partial charge in [0, 0.05) is 12.2 Å². The summed E-state index contributed by atoms with van der Waals surface area (Å²) < 4.78 is 52.9. The van der Waals surface area contributed by atoms with E-state index in [-0.39, 0.29) is 18.0 Å². The molecule has 29 heavy (non-hydrogen) atoms. The van der Waals surface area contributed by atoms with E-state index in [1.165, 1.54) is 12.1 Å². The SMILES string of the molecule is CCCNC(=O)Nc1ccc(CC(=O)NC(c2ccc(F)cc2)C(F)(F)F)cc1. The standard InChI is InChI=1S/C20H21F4N3O2/c1-2-11-25-19(29)26-16-9-3-13(4-10-16)12-17(28)27-18(20(22,23)24)14-5-7-15(21)8-6-14/h3-10,18H,2,11-12H2,1H3,(H,27,28)(H2,25,26,29). The van der Waals surface area contributed by atoms with Crippen LogP contribution < -0.4 is 16.0 Å². The van der Waals surface area contributed by atoms with E-state index in [2.05, 4.69) is 10.6 Å². The van der Waals surface area contributed by atoms with Crippen LogP contribution in [0.25, 0.3) is 0 Å². The summed E-state index contributed by atoms with van der Waals surface area (Å²) in [5.74, 6) is -1.50. The van der Waals surface area contributed by atoms with Crippen LogP contribution in [0.3, 0.4) is 0 Å². The topological polar surface area (TPSA) is 70.2 Å². The highest BCUT2D eigenvalue weighted by atomic mass is 19.4. The second kappa shape index (κ2) is 9.90. The quantitative estimate of drug-likeness (QED) is 0.594. The van der Waals surface area contributed by atoms with Crippen molar-refractivity contribution in [2.75, 3.05) is 11.9 Å². The van der Waals surface area contributed by atoms with Gasteiger partial charge in [-0.1, -0.05) is 31.2 Å². The van der Waals surface area contributed by atoms with Crippen LogP contribution in [-0.4, -0.2) is 24.7 Å². The zero-order chi connectivity index (χ0) is 21.4. The molecule has 0 aliphatic rings. The summed E-state index contributed by atoms with van der Waals surface area (Å²) in [5, 5.41) is 7.19. The number of amides is 3. The highest BCUT2D eigenvalue weighted by Gasteiger charge is 2.41. The van der Waals surface area contributed by atoms with E-state index in [0.29, 0.717) is 17.8 Å². The molecule has 0 saturated carbocycles. The monoisotopic (exact) mass is 411 g/mol. The minimum atomic E-state index is -4.73. The fourth-order valence-electron chi connectivity index (χ4n) is 2.53. The molecule has 0 radical (unpaired) electrons. The third kappa shape index (κ3) is 7.10. The minimum Gasteiger partial charge on any atom is -0.341 e. The molecule has 2 aromatic carbocycles. The molecule has 0 aliphatic carbocycles. The third-order valence-electron chi connectivity index (χ3n) is 3.95. The minimum absolute atomic E-state index is 0.259. The first-order valence-electron chi connectivity index (χ1n) is 8.94. The summed E-state index contributed by atoms with van der Waals surface area (Å²) in [6.45, 7) is 2.44. The van der Waals surface area contributed by atoms with Crippen LogP contribution in [0.15, 0.2) is 48.5 Å². The molecule has 3 amide bonds. The number of hydrogen-bond donors (Lipinski definition) is 3. The number of alkyl halides is 3. The van der Waals surface area contributed by atoms with E-state index >= 15 is 0 Å². The number of urea groups is 1. The maximum absolute atomic E-state index is 13.3. The van der Waals surface area contributed by atoms with Crippen LogP contribution in [0.4, 0.5) is 28.0 Å². The Kier molecular flexibility index (Phi) is 7.58. The molecule has 1 atom stereocenters. The van der Waals surface area contributed by atoms with E-state index in [0.717, 1.165) is 30.7 Å². The normalized spacial score (nSPS) is 12.2. The fraction of sp³-hybridized carbons (Fsp3) is 0.300. The van der Waals surface area contributed by atoms with Crippen molar-refractivity contribution in [3.05, 3.63) is 65.5 Å². The van der Waals surface area contributed by atoms with Crippen molar-refractivity contribution in [3.8, 4) is 0 Å². The van der Waals surface area contributed by atoms with Crippen LogP contribution in [0.2, 0.25) is 0 Å². The Morgan fingerprint density at radius 3 is 2.17 bits per heavy atom. The molecule has 0 aliphatic heterocycles. The molecule has 2 aromatic rings. The van der Waals surface area contributed by atoms with Crippen molar-refractivity contribution in [1.29, 1.82) is 0 Å². The Hall–Kier alpha value is -3.10. The maximum atomic E-state index is 13.3. The highest BCUT2D eigenvalue weighted by Crippen LogP contribution is 2.32. The summed E-state index contributed by atoms with van der Waals surface area (Å²) in [5.41, 5.74) is 0.703. The first kappa shape index (κ1) is 22.2. The molecule has 2 rings (SSSR count). The number of anilines is 1. The van der Waals surface area contributed by atoms with Gasteiger partial charge in [0.05, 0.1) is 6.42 Å². The molecule has 5 nitrogen and oxygen atoms in total. The zero-order valence-electron chi connectivity index (χ0n) is 15.6. The van der Waals surface area contributed by atoms with Crippen molar-refractivity contribution in [1.82, 2.24) is 10.6 Å². The largest absolute Gasteiger partial charge is 0.412 e. The summed E-state index contributed by atoms with van der Waals surface area (Å²) in [6.07, 6.45) is -4.22. The van der Waals surface area contributed by atoms with Crippen molar-refractivity contribution in [2.45, 2.75) is 32.0 Å². The van der Waals surface area contributed by atoms with Gasteiger partial charge in [-0.3, -0.25) is 4.79 Å². The van der Waals surface area contributed by atoms with Gasteiger partial charge < -0.3 is 16.0 Å². The Bertz CT molecular complexity index is 821. The van der Waals surface area contributed by atoms with Gasteiger partial charge in [-0.25, -0.2) is 9.18 Å². The van der Waals surface area contributed by atoms with Gasteiger partial charge in [0.1, 0.15) is 5.82 Å². The lowest BCUT2D eigenvalue weighted by molar-refractivity contribution is -0.163. The number of carbonyl (C=O) groups is 2. The van der Waals surface area contributed by atoms with Gasteiger partial charge in [0.15, 0.2) is 6.04 Å². The molecule has 0 spiro atoms. The summed E-state index contributed by atoms with van der Waals surface area (Å²) in [4.78, 5) is 23.7.